The quantitative estimate of drug-likeness (QED) is 0.620. The second-order valence-corrected chi connectivity index (χ2v) is 4.67. The molecule has 0 saturated heterocycles. The van der Waals surface area contributed by atoms with Crippen molar-refractivity contribution in [1.82, 2.24) is 0 Å². The van der Waals surface area contributed by atoms with E-state index in [1.54, 1.807) is 0 Å². The highest BCUT2D eigenvalue weighted by Gasteiger charge is 2.46. The largest absolute Gasteiger partial charge is 0.393 e. The number of hydrogen-bond donors (Lipinski definition) is 0. The summed E-state index contributed by atoms with van der Waals surface area (Å²) in [5.74, 6) is 0.430. The van der Waals surface area contributed by atoms with Crippen LogP contribution in [0.15, 0.2) is 0 Å². The van der Waals surface area contributed by atoms with E-state index in [1.165, 1.54) is 13.8 Å². The maximum atomic E-state index is 12.4. The molecule has 0 aromatic heterocycles. The molecule has 0 heterocycles. The van der Waals surface area contributed by atoms with E-state index < -0.39 is 11.6 Å². The molecular formula is C11H20F3. The van der Waals surface area contributed by atoms with Crippen LogP contribution in [0.5, 0.6) is 0 Å². The van der Waals surface area contributed by atoms with Gasteiger partial charge < -0.3 is 0 Å². The molecule has 0 spiro atoms. The fraction of sp³-hybridized carbons (Fsp3) is 0.909. The Morgan fingerprint density at radius 3 is 2.07 bits per heavy atom. The second kappa shape index (κ2) is 5.04. The summed E-state index contributed by atoms with van der Waals surface area (Å²) in [5.41, 5.74) is -1.55. The van der Waals surface area contributed by atoms with Crippen LogP contribution >= 0.6 is 0 Å². The van der Waals surface area contributed by atoms with Crippen LogP contribution in [-0.4, -0.2) is 6.18 Å². The lowest BCUT2D eigenvalue weighted by molar-refractivity contribution is -0.214. The molecule has 3 heteroatoms. The van der Waals surface area contributed by atoms with Crippen molar-refractivity contribution in [1.29, 1.82) is 0 Å². The van der Waals surface area contributed by atoms with E-state index in [0.717, 1.165) is 12.8 Å². The van der Waals surface area contributed by atoms with E-state index in [1.807, 2.05) is 6.92 Å². The second-order valence-electron chi connectivity index (χ2n) is 4.67. The molecule has 14 heavy (non-hydrogen) atoms. The van der Waals surface area contributed by atoms with Gasteiger partial charge in [-0.25, -0.2) is 0 Å². The minimum atomic E-state index is -4.08. The van der Waals surface area contributed by atoms with Gasteiger partial charge in [0, 0.05) is 0 Å². The summed E-state index contributed by atoms with van der Waals surface area (Å²) in [6.45, 7) is 8.28. The fourth-order valence-electron chi connectivity index (χ4n) is 1.18. The molecule has 0 amide bonds. The van der Waals surface area contributed by atoms with Gasteiger partial charge in [-0.3, -0.25) is 0 Å². The minimum absolute atomic E-state index is 0.209. The fourth-order valence-corrected chi connectivity index (χ4v) is 1.18. The third-order valence-corrected chi connectivity index (χ3v) is 2.76. The highest BCUT2D eigenvalue weighted by molar-refractivity contribution is 4.77. The van der Waals surface area contributed by atoms with Crippen LogP contribution in [0.1, 0.15) is 46.5 Å². The van der Waals surface area contributed by atoms with Crippen molar-refractivity contribution in [2.75, 3.05) is 0 Å². The predicted octanol–water partition coefficient (Wildman–Crippen LogP) is 4.61. The van der Waals surface area contributed by atoms with Crippen LogP contribution in [-0.2, 0) is 0 Å². The summed E-state index contributed by atoms with van der Waals surface area (Å²) >= 11 is 0. The molecule has 0 rings (SSSR count). The van der Waals surface area contributed by atoms with Gasteiger partial charge in [-0.05, 0) is 12.3 Å². The van der Waals surface area contributed by atoms with Gasteiger partial charge in [0.1, 0.15) is 0 Å². The first-order valence-corrected chi connectivity index (χ1v) is 5.06. The molecule has 0 saturated carbocycles. The first kappa shape index (κ1) is 13.8. The van der Waals surface area contributed by atoms with Crippen molar-refractivity contribution in [3.63, 3.8) is 0 Å². The van der Waals surface area contributed by atoms with E-state index in [0.29, 0.717) is 12.3 Å². The minimum Gasteiger partial charge on any atom is -0.171 e. The van der Waals surface area contributed by atoms with Crippen molar-refractivity contribution < 1.29 is 13.2 Å². The molecule has 0 aromatic rings. The number of halogens is 3. The molecular weight excluding hydrogens is 189 g/mol. The standard InChI is InChI=1S/C11H20F3/c1-5-9(2)7-6-8-10(3,4)11(12,13)14/h9H,1,5-8H2,2-4H3. The third kappa shape index (κ3) is 4.34. The zero-order valence-corrected chi connectivity index (χ0v) is 9.25. The number of alkyl halides is 3. The van der Waals surface area contributed by atoms with E-state index in [4.69, 9.17) is 0 Å². The van der Waals surface area contributed by atoms with Gasteiger partial charge in [-0.1, -0.05) is 47.0 Å². The Morgan fingerprint density at radius 2 is 1.71 bits per heavy atom. The van der Waals surface area contributed by atoms with E-state index in [2.05, 4.69) is 6.92 Å². The summed E-state index contributed by atoms with van der Waals surface area (Å²) < 4.78 is 37.3. The first-order chi connectivity index (χ1) is 6.20. The highest BCUT2D eigenvalue weighted by Crippen LogP contribution is 2.41. The zero-order valence-electron chi connectivity index (χ0n) is 9.25. The predicted molar refractivity (Wildman–Crippen MR) is 52.8 cm³/mol. The Morgan fingerprint density at radius 1 is 1.21 bits per heavy atom. The Balaban J connectivity index is 3.89. The Labute approximate surface area is 84.9 Å². The van der Waals surface area contributed by atoms with Crippen LogP contribution < -0.4 is 0 Å². The summed E-state index contributed by atoms with van der Waals surface area (Å²) in [6, 6.07) is 0. The average Bonchev–Trinajstić information content (AvgIpc) is 2.01. The maximum absolute atomic E-state index is 12.4. The average molecular weight is 209 g/mol. The van der Waals surface area contributed by atoms with Gasteiger partial charge >= 0.3 is 6.18 Å². The molecule has 1 atom stereocenters. The van der Waals surface area contributed by atoms with Crippen molar-refractivity contribution in [2.24, 2.45) is 11.3 Å². The van der Waals surface area contributed by atoms with Crippen molar-refractivity contribution >= 4 is 0 Å². The van der Waals surface area contributed by atoms with E-state index >= 15 is 0 Å². The van der Waals surface area contributed by atoms with Crippen LogP contribution in [0.4, 0.5) is 13.2 Å². The Kier molecular flexibility index (Phi) is 4.96. The van der Waals surface area contributed by atoms with Crippen molar-refractivity contribution in [2.45, 2.75) is 52.6 Å². The SMILES string of the molecule is [CH2]CC(C)CCCC(C)(C)C(F)(F)F. The molecule has 0 fully saturated rings. The monoisotopic (exact) mass is 209 g/mol. The molecule has 0 aliphatic heterocycles. The summed E-state index contributed by atoms with van der Waals surface area (Å²) in [5, 5.41) is 0. The Bertz CT molecular complexity index is 158. The maximum Gasteiger partial charge on any atom is 0.393 e. The van der Waals surface area contributed by atoms with E-state index in [9.17, 15) is 13.2 Å². The van der Waals surface area contributed by atoms with Crippen LogP contribution in [0, 0.1) is 18.3 Å². The van der Waals surface area contributed by atoms with Crippen LogP contribution in [0.2, 0.25) is 0 Å². The summed E-state index contributed by atoms with van der Waals surface area (Å²) in [4.78, 5) is 0. The van der Waals surface area contributed by atoms with Crippen LogP contribution in [0.3, 0.4) is 0 Å². The van der Waals surface area contributed by atoms with Crippen molar-refractivity contribution in [3.05, 3.63) is 6.92 Å². The highest BCUT2D eigenvalue weighted by atomic mass is 19.4. The molecule has 1 radical (unpaired) electrons. The molecule has 85 valence electrons. The molecule has 0 aliphatic carbocycles. The van der Waals surface area contributed by atoms with Crippen LogP contribution in [0.25, 0.3) is 0 Å². The summed E-state index contributed by atoms with van der Waals surface area (Å²) in [6.07, 6.45) is -1.61. The van der Waals surface area contributed by atoms with Gasteiger partial charge in [0.2, 0.25) is 0 Å². The normalized spacial score (nSPS) is 15.6. The Hall–Kier alpha value is -0.210. The molecule has 0 N–H and O–H groups in total. The number of rotatable bonds is 5. The van der Waals surface area contributed by atoms with Gasteiger partial charge in [0.15, 0.2) is 0 Å². The van der Waals surface area contributed by atoms with Gasteiger partial charge in [-0.2, -0.15) is 13.2 Å². The molecule has 0 aliphatic rings. The molecule has 0 aromatic carbocycles. The lowest BCUT2D eigenvalue weighted by Gasteiger charge is -2.27. The third-order valence-electron chi connectivity index (χ3n) is 2.76. The molecule has 0 bridgehead atoms. The first-order valence-electron chi connectivity index (χ1n) is 5.06. The van der Waals surface area contributed by atoms with Gasteiger partial charge in [0.05, 0.1) is 5.41 Å². The van der Waals surface area contributed by atoms with E-state index in [-0.39, 0.29) is 6.42 Å². The van der Waals surface area contributed by atoms with Gasteiger partial charge in [-0.15, -0.1) is 0 Å². The molecule has 0 nitrogen and oxygen atoms in total. The zero-order chi connectivity index (χ0) is 11.4. The lowest BCUT2D eigenvalue weighted by Crippen LogP contribution is -2.31. The number of hydrogen-bond acceptors (Lipinski definition) is 0. The summed E-state index contributed by atoms with van der Waals surface area (Å²) in [7, 11) is 0. The smallest absolute Gasteiger partial charge is 0.171 e. The van der Waals surface area contributed by atoms with Gasteiger partial charge in [0.25, 0.3) is 0 Å². The van der Waals surface area contributed by atoms with Crippen molar-refractivity contribution in [3.8, 4) is 0 Å². The topological polar surface area (TPSA) is 0 Å². The lowest BCUT2D eigenvalue weighted by atomic mass is 9.85. The molecule has 1 unspecified atom stereocenters.